The zero-order valence-corrected chi connectivity index (χ0v) is 20.5. The molecule has 0 radical (unpaired) electrons. The van der Waals surface area contributed by atoms with Gasteiger partial charge in [-0.05, 0) is 48.6 Å². The first-order valence-corrected chi connectivity index (χ1v) is 11.9. The fraction of sp³-hybridized carbons (Fsp3) is 0.269. The van der Waals surface area contributed by atoms with Crippen molar-refractivity contribution < 1.29 is 14.4 Å². The fourth-order valence-electron chi connectivity index (χ4n) is 4.18. The summed E-state index contributed by atoms with van der Waals surface area (Å²) in [5, 5.41) is 5.40. The molecule has 1 aliphatic rings. The van der Waals surface area contributed by atoms with Crippen LogP contribution < -0.4 is 10.2 Å². The monoisotopic (exact) mass is 497 g/mol. The van der Waals surface area contributed by atoms with E-state index in [2.05, 4.69) is 5.32 Å². The maximum atomic E-state index is 13.6. The van der Waals surface area contributed by atoms with Crippen LogP contribution in [0.15, 0.2) is 54.6 Å². The Morgan fingerprint density at radius 3 is 2.50 bits per heavy atom. The second kappa shape index (κ2) is 10.0. The number of anilines is 1. The lowest BCUT2D eigenvalue weighted by atomic mass is 10.1. The molecule has 3 amide bonds. The Morgan fingerprint density at radius 2 is 1.79 bits per heavy atom. The molecule has 1 atom stereocenters. The average Bonchev–Trinajstić information content (AvgIpc) is 3.10. The molecule has 0 bridgehead atoms. The minimum Gasteiger partial charge on any atom is -0.354 e. The Morgan fingerprint density at radius 1 is 1.06 bits per heavy atom. The molecule has 0 saturated carbocycles. The second-order valence-corrected chi connectivity index (χ2v) is 9.12. The van der Waals surface area contributed by atoms with E-state index in [4.69, 9.17) is 23.2 Å². The number of amides is 3. The Bertz CT molecular complexity index is 1270. The van der Waals surface area contributed by atoms with Gasteiger partial charge in [0.2, 0.25) is 11.8 Å². The van der Waals surface area contributed by atoms with E-state index in [1.807, 2.05) is 37.3 Å². The fourth-order valence-corrected chi connectivity index (χ4v) is 4.50. The van der Waals surface area contributed by atoms with E-state index in [0.29, 0.717) is 27.8 Å². The number of halogens is 2. The summed E-state index contributed by atoms with van der Waals surface area (Å²) >= 11 is 12.2. The van der Waals surface area contributed by atoms with Crippen LogP contribution in [-0.4, -0.2) is 41.8 Å². The number of benzene rings is 3. The molecule has 1 N–H and O–H groups in total. The SMILES string of the molecule is CCCNC(=O)[C@H](C)N(Cc1ccc(Cl)c(Cl)c1)C(=O)CN1C(=O)c2cccc3cccc1c23. The standard InChI is InChI=1S/C26H25Cl2N3O3/c1-3-12-29-25(33)16(2)30(14-17-10-11-20(27)21(28)13-17)23(32)15-31-22-9-5-7-18-6-4-8-19(24(18)22)26(31)34/h4-11,13,16H,3,12,14-15H2,1-2H3,(H,29,33)/t16-/m0/s1. The molecule has 8 heteroatoms. The predicted octanol–water partition coefficient (Wildman–Crippen LogP) is 5.05. The Hall–Kier alpha value is -3.09. The molecule has 4 rings (SSSR count). The highest BCUT2D eigenvalue weighted by Gasteiger charge is 2.34. The van der Waals surface area contributed by atoms with Gasteiger partial charge >= 0.3 is 0 Å². The third-order valence-corrected chi connectivity index (χ3v) is 6.73. The number of nitrogens with zero attached hydrogens (tertiary/aromatic N) is 2. The third kappa shape index (κ3) is 4.61. The topological polar surface area (TPSA) is 69.7 Å². The molecule has 0 spiro atoms. The molecule has 1 heterocycles. The minimum absolute atomic E-state index is 0.148. The Labute approximate surface area is 208 Å². The minimum atomic E-state index is -0.746. The first kappa shape index (κ1) is 24.0. The molecule has 0 fully saturated rings. The number of rotatable bonds is 8. The maximum Gasteiger partial charge on any atom is 0.259 e. The maximum absolute atomic E-state index is 13.6. The van der Waals surface area contributed by atoms with Gasteiger partial charge in [0.05, 0.1) is 15.7 Å². The van der Waals surface area contributed by atoms with Crippen molar-refractivity contribution in [1.29, 1.82) is 0 Å². The van der Waals surface area contributed by atoms with Crippen molar-refractivity contribution in [3.05, 3.63) is 75.8 Å². The normalized spacial score (nSPS) is 13.3. The van der Waals surface area contributed by atoms with Crippen molar-refractivity contribution >= 4 is 57.4 Å². The zero-order valence-electron chi connectivity index (χ0n) is 19.0. The predicted molar refractivity (Wildman–Crippen MR) is 135 cm³/mol. The largest absolute Gasteiger partial charge is 0.354 e. The van der Waals surface area contributed by atoms with Gasteiger partial charge in [-0.25, -0.2) is 0 Å². The zero-order chi connectivity index (χ0) is 24.4. The van der Waals surface area contributed by atoms with E-state index in [1.54, 1.807) is 31.2 Å². The Balaban J connectivity index is 1.62. The second-order valence-electron chi connectivity index (χ2n) is 8.31. The van der Waals surface area contributed by atoms with Gasteiger partial charge in [0, 0.05) is 24.0 Å². The molecular weight excluding hydrogens is 473 g/mol. The van der Waals surface area contributed by atoms with Crippen LogP contribution in [-0.2, 0) is 16.1 Å². The molecule has 0 unspecified atom stereocenters. The summed E-state index contributed by atoms with van der Waals surface area (Å²) < 4.78 is 0. The van der Waals surface area contributed by atoms with E-state index in [-0.39, 0.29) is 30.8 Å². The van der Waals surface area contributed by atoms with Crippen molar-refractivity contribution in [3.8, 4) is 0 Å². The lowest BCUT2D eigenvalue weighted by Crippen LogP contribution is -2.51. The highest BCUT2D eigenvalue weighted by molar-refractivity contribution is 6.42. The molecule has 0 aliphatic carbocycles. The number of hydrogen-bond acceptors (Lipinski definition) is 3. The number of hydrogen-bond donors (Lipinski definition) is 1. The van der Waals surface area contributed by atoms with Gasteiger partial charge in [-0.1, -0.05) is 60.5 Å². The molecule has 3 aromatic carbocycles. The van der Waals surface area contributed by atoms with Crippen molar-refractivity contribution in [2.75, 3.05) is 18.0 Å². The first-order valence-electron chi connectivity index (χ1n) is 11.2. The van der Waals surface area contributed by atoms with Gasteiger partial charge in [0.15, 0.2) is 0 Å². The van der Waals surface area contributed by atoms with Crippen LogP contribution in [0.4, 0.5) is 5.69 Å². The van der Waals surface area contributed by atoms with Crippen molar-refractivity contribution in [2.45, 2.75) is 32.9 Å². The van der Waals surface area contributed by atoms with Crippen LogP contribution in [0.1, 0.15) is 36.2 Å². The van der Waals surface area contributed by atoms with Crippen molar-refractivity contribution in [3.63, 3.8) is 0 Å². The summed E-state index contributed by atoms with van der Waals surface area (Å²) in [5.41, 5.74) is 2.01. The van der Waals surface area contributed by atoms with Crippen LogP contribution >= 0.6 is 23.2 Å². The highest BCUT2D eigenvalue weighted by Crippen LogP contribution is 2.37. The molecular formula is C26H25Cl2N3O3. The third-order valence-electron chi connectivity index (χ3n) is 6.00. The lowest BCUT2D eigenvalue weighted by Gasteiger charge is -2.30. The molecule has 176 valence electrons. The highest BCUT2D eigenvalue weighted by atomic mass is 35.5. The summed E-state index contributed by atoms with van der Waals surface area (Å²) in [6.07, 6.45) is 0.781. The van der Waals surface area contributed by atoms with Crippen LogP contribution in [0.5, 0.6) is 0 Å². The molecule has 1 aliphatic heterocycles. The van der Waals surface area contributed by atoms with Gasteiger partial charge in [-0.15, -0.1) is 0 Å². The first-order chi connectivity index (χ1) is 16.3. The van der Waals surface area contributed by atoms with E-state index >= 15 is 0 Å². The summed E-state index contributed by atoms with van der Waals surface area (Å²) in [4.78, 5) is 42.5. The van der Waals surface area contributed by atoms with Crippen molar-refractivity contribution in [1.82, 2.24) is 10.2 Å². The number of nitrogens with one attached hydrogen (secondary N) is 1. The number of carbonyl (C=O) groups is 3. The van der Waals surface area contributed by atoms with Crippen LogP contribution in [0.2, 0.25) is 10.0 Å². The summed E-state index contributed by atoms with van der Waals surface area (Å²) in [5.74, 6) is -0.825. The summed E-state index contributed by atoms with van der Waals surface area (Å²) in [6, 6.07) is 15.6. The van der Waals surface area contributed by atoms with Gasteiger partial charge < -0.3 is 10.2 Å². The van der Waals surface area contributed by atoms with Gasteiger partial charge in [-0.2, -0.15) is 0 Å². The molecule has 6 nitrogen and oxygen atoms in total. The van der Waals surface area contributed by atoms with Crippen LogP contribution in [0, 0.1) is 0 Å². The van der Waals surface area contributed by atoms with E-state index in [1.165, 1.54) is 9.80 Å². The smallest absolute Gasteiger partial charge is 0.259 e. The lowest BCUT2D eigenvalue weighted by molar-refractivity contribution is -0.139. The molecule has 3 aromatic rings. The van der Waals surface area contributed by atoms with Crippen molar-refractivity contribution in [2.24, 2.45) is 0 Å². The van der Waals surface area contributed by atoms with Crippen LogP contribution in [0.25, 0.3) is 10.8 Å². The summed E-state index contributed by atoms with van der Waals surface area (Å²) in [6.45, 7) is 4.12. The van der Waals surface area contributed by atoms with E-state index in [0.717, 1.165) is 22.8 Å². The van der Waals surface area contributed by atoms with Crippen LogP contribution in [0.3, 0.4) is 0 Å². The van der Waals surface area contributed by atoms with Gasteiger partial charge in [0.25, 0.3) is 5.91 Å². The number of carbonyl (C=O) groups excluding carboxylic acids is 3. The Kier molecular flexibility index (Phi) is 7.10. The van der Waals surface area contributed by atoms with Gasteiger partial charge in [-0.3, -0.25) is 19.3 Å². The quantitative estimate of drug-likeness (QED) is 0.473. The van der Waals surface area contributed by atoms with E-state index in [9.17, 15) is 14.4 Å². The average molecular weight is 498 g/mol. The molecule has 34 heavy (non-hydrogen) atoms. The van der Waals surface area contributed by atoms with Gasteiger partial charge in [0.1, 0.15) is 12.6 Å². The molecule has 0 saturated heterocycles. The van der Waals surface area contributed by atoms with E-state index < -0.39 is 6.04 Å². The summed E-state index contributed by atoms with van der Waals surface area (Å²) in [7, 11) is 0. The molecule has 0 aromatic heterocycles.